The molecule has 0 bridgehead atoms. The first-order valence-corrected chi connectivity index (χ1v) is 4.50. The van der Waals surface area contributed by atoms with Gasteiger partial charge in [0, 0.05) is 5.56 Å². The molecule has 1 atom stereocenters. The Bertz CT molecular complexity index is 277. The SMILES string of the molecule is N.O=[P+](O)Cc1ccccc1O. The van der Waals surface area contributed by atoms with Crippen LogP contribution in [-0.4, -0.2) is 10.00 Å². The zero-order valence-corrected chi connectivity index (χ0v) is 7.37. The lowest BCUT2D eigenvalue weighted by atomic mass is 10.2. The van der Waals surface area contributed by atoms with Crippen LogP contribution in [0.2, 0.25) is 0 Å². The van der Waals surface area contributed by atoms with E-state index in [1.807, 2.05) is 0 Å². The fraction of sp³-hybridized carbons (Fsp3) is 0.143. The average Bonchev–Trinajstić information content (AvgIpc) is 1.93. The molecule has 0 aromatic heterocycles. The van der Waals surface area contributed by atoms with Gasteiger partial charge in [0.25, 0.3) is 0 Å². The van der Waals surface area contributed by atoms with E-state index in [0.29, 0.717) is 5.56 Å². The summed E-state index contributed by atoms with van der Waals surface area (Å²) < 4.78 is 10.4. The van der Waals surface area contributed by atoms with Gasteiger partial charge in [0.15, 0.2) is 0 Å². The number of phenols is 1. The molecule has 0 spiro atoms. The first-order valence-electron chi connectivity index (χ1n) is 3.10. The van der Waals surface area contributed by atoms with Crippen LogP contribution in [0.25, 0.3) is 0 Å². The van der Waals surface area contributed by atoms with Crippen LogP contribution in [0, 0.1) is 0 Å². The van der Waals surface area contributed by atoms with E-state index >= 15 is 0 Å². The second-order valence-electron chi connectivity index (χ2n) is 2.14. The molecule has 0 fully saturated rings. The van der Waals surface area contributed by atoms with Gasteiger partial charge in [-0.25, -0.2) is 0 Å². The van der Waals surface area contributed by atoms with Crippen molar-refractivity contribution in [3.8, 4) is 5.75 Å². The van der Waals surface area contributed by atoms with Gasteiger partial charge in [-0.2, -0.15) is 4.89 Å². The van der Waals surface area contributed by atoms with Gasteiger partial charge in [-0.15, -0.1) is 0 Å². The van der Waals surface area contributed by atoms with E-state index in [1.54, 1.807) is 18.2 Å². The Hall–Kier alpha value is -0.960. The predicted octanol–water partition coefficient (Wildman–Crippen LogP) is 1.79. The molecule has 66 valence electrons. The molecule has 0 aliphatic rings. The standard InChI is InChI=1S/C7H7O3P.H3N/c8-7-4-2-1-3-6(7)5-11(9)10;/h1-4H,5H2,(H-,8,9,10);1H3/p+1. The molecule has 0 saturated carbocycles. The fourth-order valence-corrected chi connectivity index (χ4v) is 1.35. The molecule has 1 rings (SSSR count). The maximum Gasteiger partial charge on any atom is 0.510 e. The number of hydrogen-bond donors (Lipinski definition) is 3. The van der Waals surface area contributed by atoms with Crippen molar-refractivity contribution >= 4 is 8.03 Å². The molecule has 0 amide bonds. The number of para-hydroxylation sites is 1. The third-order valence-corrected chi connectivity index (χ3v) is 1.91. The van der Waals surface area contributed by atoms with E-state index in [9.17, 15) is 4.57 Å². The summed E-state index contributed by atoms with van der Waals surface area (Å²) in [5.74, 6) is 0.0740. The lowest BCUT2D eigenvalue weighted by Gasteiger charge is -1.93. The van der Waals surface area contributed by atoms with E-state index in [1.165, 1.54) is 6.07 Å². The minimum Gasteiger partial charge on any atom is -0.508 e. The molecule has 0 radical (unpaired) electrons. The van der Waals surface area contributed by atoms with Crippen LogP contribution in [0.5, 0.6) is 5.75 Å². The van der Waals surface area contributed by atoms with Crippen LogP contribution in [-0.2, 0) is 10.7 Å². The van der Waals surface area contributed by atoms with Crippen molar-refractivity contribution in [2.24, 2.45) is 0 Å². The van der Waals surface area contributed by atoms with Gasteiger partial charge in [0.2, 0.25) is 6.16 Å². The topological polar surface area (TPSA) is 92.5 Å². The molecule has 1 aromatic rings. The molecule has 1 aromatic carbocycles. The molecule has 4 nitrogen and oxygen atoms in total. The van der Waals surface area contributed by atoms with Gasteiger partial charge < -0.3 is 11.3 Å². The van der Waals surface area contributed by atoms with Gasteiger partial charge in [-0.1, -0.05) is 18.2 Å². The van der Waals surface area contributed by atoms with Crippen molar-refractivity contribution in [3.63, 3.8) is 0 Å². The van der Waals surface area contributed by atoms with Crippen molar-refractivity contribution in [1.82, 2.24) is 6.15 Å². The molecule has 1 unspecified atom stereocenters. The minimum atomic E-state index is -2.20. The van der Waals surface area contributed by atoms with Gasteiger partial charge in [0.05, 0.1) is 0 Å². The van der Waals surface area contributed by atoms with Crippen molar-refractivity contribution < 1.29 is 14.6 Å². The Morgan fingerprint density at radius 3 is 2.42 bits per heavy atom. The maximum atomic E-state index is 10.4. The number of aromatic hydroxyl groups is 1. The predicted molar refractivity (Wildman–Crippen MR) is 46.7 cm³/mol. The van der Waals surface area contributed by atoms with E-state index in [2.05, 4.69) is 0 Å². The summed E-state index contributed by atoms with van der Waals surface area (Å²) in [4.78, 5) is 8.53. The lowest BCUT2D eigenvalue weighted by Crippen LogP contribution is -1.79. The highest BCUT2D eigenvalue weighted by Gasteiger charge is 2.13. The number of hydrogen-bond acceptors (Lipinski definition) is 3. The third kappa shape index (κ3) is 2.96. The molecule has 0 aliphatic heterocycles. The van der Waals surface area contributed by atoms with Crippen LogP contribution >= 0.6 is 8.03 Å². The van der Waals surface area contributed by atoms with Crippen molar-refractivity contribution in [2.75, 3.05) is 0 Å². The van der Waals surface area contributed by atoms with Crippen molar-refractivity contribution in [3.05, 3.63) is 29.8 Å². The first kappa shape index (κ1) is 11.0. The first-order chi connectivity index (χ1) is 5.20. The van der Waals surface area contributed by atoms with E-state index in [0.717, 1.165) is 0 Å². The van der Waals surface area contributed by atoms with Crippen LogP contribution in [0.1, 0.15) is 5.56 Å². The normalized spacial score (nSPS) is 10.2. The van der Waals surface area contributed by atoms with Gasteiger partial charge in [0.1, 0.15) is 5.75 Å². The van der Waals surface area contributed by atoms with Crippen LogP contribution in [0.3, 0.4) is 0 Å². The highest BCUT2D eigenvalue weighted by atomic mass is 31.1. The molecule has 5 heteroatoms. The number of benzene rings is 1. The van der Waals surface area contributed by atoms with Crippen LogP contribution < -0.4 is 6.15 Å². The second kappa shape index (κ2) is 4.83. The summed E-state index contributed by atoms with van der Waals surface area (Å²) in [5.41, 5.74) is 0.510. The number of phenolic OH excluding ortho intramolecular Hbond substituents is 1. The quantitative estimate of drug-likeness (QED) is 0.617. The maximum absolute atomic E-state index is 10.4. The molecule has 0 heterocycles. The summed E-state index contributed by atoms with van der Waals surface area (Å²) >= 11 is 0. The van der Waals surface area contributed by atoms with Crippen LogP contribution in [0.15, 0.2) is 24.3 Å². The Morgan fingerprint density at radius 2 is 1.92 bits per heavy atom. The largest absolute Gasteiger partial charge is 0.510 e. The Morgan fingerprint density at radius 1 is 1.33 bits per heavy atom. The average molecular weight is 188 g/mol. The summed E-state index contributed by atoms with van der Waals surface area (Å²) in [6.07, 6.45) is 0.0159. The molecular formula is C7H11NO3P+. The Kier molecular flexibility index (Phi) is 4.44. The van der Waals surface area contributed by atoms with E-state index in [4.69, 9.17) is 10.00 Å². The zero-order chi connectivity index (χ0) is 8.27. The smallest absolute Gasteiger partial charge is 0.508 e. The van der Waals surface area contributed by atoms with Gasteiger partial charge in [-0.05, 0) is 10.6 Å². The lowest BCUT2D eigenvalue weighted by molar-refractivity contribution is 0.466. The van der Waals surface area contributed by atoms with Crippen molar-refractivity contribution in [1.29, 1.82) is 0 Å². The van der Waals surface area contributed by atoms with E-state index in [-0.39, 0.29) is 18.1 Å². The Balaban J connectivity index is 0.00000121. The molecule has 12 heavy (non-hydrogen) atoms. The summed E-state index contributed by atoms with van der Waals surface area (Å²) in [6, 6.07) is 6.50. The number of rotatable bonds is 2. The summed E-state index contributed by atoms with van der Waals surface area (Å²) in [5, 5.41) is 9.12. The highest BCUT2D eigenvalue weighted by molar-refractivity contribution is 7.37. The molecule has 0 saturated heterocycles. The van der Waals surface area contributed by atoms with Gasteiger partial charge >= 0.3 is 8.03 Å². The Labute approximate surface area is 71.3 Å². The summed E-state index contributed by atoms with van der Waals surface area (Å²) in [6.45, 7) is 0. The third-order valence-electron chi connectivity index (χ3n) is 1.30. The van der Waals surface area contributed by atoms with Crippen LogP contribution in [0.4, 0.5) is 0 Å². The molecular weight excluding hydrogens is 177 g/mol. The van der Waals surface area contributed by atoms with Crippen molar-refractivity contribution in [2.45, 2.75) is 6.16 Å². The molecule has 5 N–H and O–H groups in total. The monoisotopic (exact) mass is 188 g/mol. The molecule has 0 aliphatic carbocycles. The fourth-order valence-electron chi connectivity index (χ4n) is 0.790. The van der Waals surface area contributed by atoms with E-state index < -0.39 is 8.03 Å². The summed E-state index contributed by atoms with van der Waals surface area (Å²) in [7, 11) is -2.20. The minimum absolute atomic E-state index is 0. The second-order valence-corrected chi connectivity index (χ2v) is 3.16. The zero-order valence-electron chi connectivity index (χ0n) is 6.47. The van der Waals surface area contributed by atoms with Gasteiger partial charge in [-0.3, -0.25) is 0 Å². The highest BCUT2D eigenvalue weighted by Crippen LogP contribution is 2.26.